The van der Waals surface area contributed by atoms with Gasteiger partial charge in [-0.1, -0.05) is 6.92 Å². The van der Waals surface area contributed by atoms with Gasteiger partial charge in [0.25, 0.3) is 0 Å². The molecule has 17 heavy (non-hydrogen) atoms. The molecule has 0 aliphatic heterocycles. The number of carbonyl (C=O) groups is 1. The molecule has 7 nitrogen and oxygen atoms in total. The molecule has 0 aliphatic rings. The van der Waals surface area contributed by atoms with Crippen molar-refractivity contribution in [1.82, 2.24) is 20.0 Å². The van der Waals surface area contributed by atoms with E-state index in [9.17, 15) is 4.79 Å². The van der Waals surface area contributed by atoms with E-state index in [0.29, 0.717) is 11.5 Å². The summed E-state index contributed by atoms with van der Waals surface area (Å²) in [6.07, 6.45) is 3.94. The van der Waals surface area contributed by atoms with E-state index in [-0.39, 0.29) is 12.5 Å². The van der Waals surface area contributed by atoms with E-state index < -0.39 is 0 Å². The number of nitrogens with two attached hydrogens (primary N) is 1. The lowest BCUT2D eigenvalue weighted by Crippen LogP contribution is -2.19. The van der Waals surface area contributed by atoms with Crippen LogP contribution < -0.4 is 11.1 Å². The molecule has 0 saturated heterocycles. The Morgan fingerprint density at radius 2 is 2.47 bits per heavy atom. The summed E-state index contributed by atoms with van der Waals surface area (Å²) in [5.74, 6) is 0.328. The molecule has 7 heteroatoms. The normalized spacial score (nSPS) is 10.4. The number of hydrogen-bond acceptors (Lipinski definition) is 4. The molecule has 0 radical (unpaired) electrons. The predicted molar refractivity (Wildman–Crippen MR) is 63.2 cm³/mol. The van der Waals surface area contributed by atoms with Gasteiger partial charge in [0.2, 0.25) is 5.91 Å². The molecule has 0 atom stereocenters. The molecular weight excluding hydrogens is 220 g/mol. The fourth-order valence-corrected chi connectivity index (χ4v) is 1.40. The van der Waals surface area contributed by atoms with Crippen molar-refractivity contribution in [1.29, 1.82) is 0 Å². The monoisotopic (exact) mass is 234 g/mol. The number of carbonyl (C=O) groups excluding carboxylic acids is 1. The number of rotatable bonds is 4. The molecule has 90 valence electrons. The summed E-state index contributed by atoms with van der Waals surface area (Å²) in [5.41, 5.74) is 7.00. The minimum atomic E-state index is -0.192. The van der Waals surface area contributed by atoms with Gasteiger partial charge in [0, 0.05) is 18.0 Å². The number of amides is 1. The maximum atomic E-state index is 11.6. The van der Waals surface area contributed by atoms with Gasteiger partial charge < -0.3 is 11.1 Å². The zero-order chi connectivity index (χ0) is 12.3. The Kier molecular flexibility index (Phi) is 3.08. The van der Waals surface area contributed by atoms with Crippen LogP contribution in [0.1, 0.15) is 12.6 Å². The van der Waals surface area contributed by atoms with Crippen LogP contribution in [0.3, 0.4) is 0 Å². The summed E-state index contributed by atoms with van der Waals surface area (Å²) >= 11 is 0. The van der Waals surface area contributed by atoms with Crippen molar-refractivity contribution in [3.8, 4) is 0 Å². The maximum Gasteiger partial charge on any atom is 0.247 e. The van der Waals surface area contributed by atoms with Gasteiger partial charge in [-0.3, -0.25) is 14.6 Å². The molecule has 0 unspecified atom stereocenters. The molecule has 2 aromatic heterocycles. The Bertz CT molecular complexity index is 514. The molecular formula is C10H14N6O. The van der Waals surface area contributed by atoms with Crippen LogP contribution in [0.15, 0.2) is 18.5 Å². The largest absolute Gasteiger partial charge is 0.396 e. The molecule has 0 fully saturated rings. The standard InChI is InChI=1S/C10H14N6O/c1-2-8-3-9(15-14-8)13-10(17)6-16-5-7(11)4-12-16/h3-5H,2,6,11H2,1H3,(H2,13,14,15,17). The lowest BCUT2D eigenvalue weighted by Gasteiger charge is -2.01. The number of aryl methyl sites for hydroxylation is 1. The summed E-state index contributed by atoms with van der Waals surface area (Å²) in [4.78, 5) is 11.6. The summed E-state index contributed by atoms with van der Waals surface area (Å²) < 4.78 is 1.47. The third-order valence-electron chi connectivity index (χ3n) is 2.24. The Balaban J connectivity index is 1.93. The number of anilines is 2. The zero-order valence-electron chi connectivity index (χ0n) is 9.47. The molecule has 0 aliphatic carbocycles. The smallest absolute Gasteiger partial charge is 0.247 e. The molecule has 2 aromatic rings. The maximum absolute atomic E-state index is 11.6. The first-order valence-electron chi connectivity index (χ1n) is 5.29. The highest BCUT2D eigenvalue weighted by Crippen LogP contribution is 2.06. The van der Waals surface area contributed by atoms with Crippen LogP contribution >= 0.6 is 0 Å². The van der Waals surface area contributed by atoms with Crippen molar-refractivity contribution in [2.24, 2.45) is 0 Å². The van der Waals surface area contributed by atoms with Crippen molar-refractivity contribution < 1.29 is 4.79 Å². The van der Waals surface area contributed by atoms with E-state index in [1.165, 1.54) is 10.9 Å². The predicted octanol–water partition coefficient (Wildman–Crippen LogP) is 0.389. The highest BCUT2D eigenvalue weighted by molar-refractivity contribution is 5.89. The zero-order valence-corrected chi connectivity index (χ0v) is 9.47. The summed E-state index contributed by atoms with van der Waals surface area (Å²) in [5, 5.41) is 13.4. The highest BCUT2D eigenvalue weighted by atomic mass is 16.2. The quantitative estimate of drug-likeness (QED) is 0.712. The van der Waals surface area contributed by atoms with Gasteiger partial charge in [-0.2, -0.15) is 10.2 Å². The Hall–Kier alpha value is -2.31. The topological polar surface area (TPSA) is 102 Å². The van der Waals surface area contributed by atoms with Crippen LogP contribution in [0.4, 0.5) is 11.5 Å². The van der Waals surface area contributed by atoms with Gasteiger partial charge in [0.15, 0.2) is 5.82 Å². The number of hydrogen-bond donors (Lipinski definition) is 3. The lowest BCUT2D eigenvalue weighted by molar-refractivity contribution is -0.116. The number of aromatic nitrogens is 4. The molecule has 1 amide bonds. The van der Waals surface area contributed by atoms with E-state index in [1.54, 1.807) is 12.3 Å². The first kappa shape index (κ1) is 11.2. The molecule has 0 saturated carbocycles. The van der Waals surface area contributed by atoms with E-state index >= 15 is 0 Å². The highest BCUT2D eigenvalue weighted by Gasteiger charge is 2.06. The van der Waals surface area contributed by atoms with Crippen LogP contribution in [0.25, 0.3) is 0 Å². The van der Waals surface area contributed by atoms with Gasteiger partial charge in [-0.25, -0.2) is 0 Å². The number of nitrogen functional groups attached to an aromatic ring is 1. The second kappa shape index (κ2) is 4.69. The first-order chi connectivity index (χ1) is 8.17. The van der Waals surface area contributed by atoms with E-state index in [4.69, 9.17) is 5.73 Å². The van der Waals surface area contributed by atoms with Crippen LogP contribution in [0.2, 0.25) is 0 Å². The molecule has 0 spiro atoms. The van der Waals surface area contributed by atoms with Crippen molar-refractivity contribution in [3.05, 3.63) is 24.2 Å². The Morgan fingerprint density at radius 3 is 3.06 bits per heavy atom. The van der Waals surface area contributed by atoms with Crippen molar-refractivity contribution >= 4 is 17.4 Å². The van der Waals surface area contributed by atoms with Gasteiger partial charge in [-0.15, -0.1) is 0 Å². The first-order valence-corrected chi connectivity index (χ1v) is 5.29. The van der Waals surface area contributed by atoms with Gasteiger partial charge in [0.1, 0.15) is 6.54 Å². The number of nitrogens with zero attached hydrogens (tertiary/aromatic N) is 3. The van der Waals surface area contributed by atoms with Crippen LogP contribution in [0, 0.1) is 0 Å². The minimum Gasteiger partial charge on any atom is -0.396 e. The second-order valence-corrected chi connectivity index (χ2v) is 3.65. The van der Waals surface area contributed by atoms with E-state index in [2.05, 4.69) is 20.6 Å². The SMILES string of the molecule is CCc1cc(NC(=O)Cn2cc(N)cn2)n[nH]1. The van der Waals surface area contributed by atoms with Crippen molar-refractivity contribution in [3.63, 3.8) is 0 Å². The van der Waals surface area contributed by atoms with Gasteiger partial charge in [0.05, 0.1) is 11.9 Å². The summed E-state index contributed by atoms with van der Waals surface area (Å²) in [7, 11) is 0. The van der Waals surface area contributed by atoms with Crippen LogP contribution in [-0.4, -0.2) is 25.9 Å². The Morgan fingerprint density at radius 1 is 1.65 bits per heavy atom. The fraction of sp³-hybridized carbons (Fsp3) is 0.300. The molecule has 0 bridgehead atoms. The third kappa shape index (κ3) is 2.83. The molecule has 0 aromatic carbocycles. The summed E-state index contributed by atoms with van der Waals surface area (Å²) in [6, 6.07) is 1.80. The minimum absolute atomic E-state index is 0.117. The van der Waals surface area contributed by atoms with Crippen molar-refractivity contribution in [2.75, 3.05) is 11.1 Å². The fourth-order valence-electron chi connectivity index (χ4n) is 1.40. The molecule has 4 N–H and O–H groups in total. The molecule has 2 rings (SSSR count). The van der Waals surface area contributed by atoms with Crippen LogP contribution in [-0.2, 0) is 17.8 Å². The molecule has 2 heterocycles. The average Bonchev–Trinajstić information content (AvgIpc) is 2.88. The van der Waals surface area contributed by atoms with E-state index in [0.717, 1.165) is 12.1 Å². The third-order valence-corrected chi connectivity index (χ3v) is 2.24. The van der Waals surface area contributed by atoms with Gasteiger partial charge >= 0.3 is 0 Å². The average molecular weight is 234 g/mol. The number of aromatic amines is 1. The van der Waals surface area contributed by atoms with E-state index in [1.807, 2.05) is 6.92 Å². The number of H-pyrrole nitrogens is 1. The lowest BCUT2D eigenvalue weighted by atomic mass is 10.3. The van der Waals surface area contributed by atoms with Gasteiger partial charge in [-0.05, 0) is 6.42 Å². The summed E-state index contributed by atoms with van der Waals surface area (Å²) in [6.45, 7) is 2.12. The number of nitrogens with one attached hydrogen (secondary N) is 2. The van der Waals surface area contributed by atoms with Crippen molar-refractivity contribution in [2.45, 2.75) is 19.9 Å². The second-order valence-electron chi connectivity index (χ2n) is 3.65. The van der Waals surface area contributed by atoms with Crippen LogP contribution in [0.5, 0.6) is 0 Å². The Labute approximate surface area is 98.0 Å².